The van der Waals surface area contributed by atoms with Crippen molar-refractivity contribution in [2.45, 2.75) is 19.0 Å². The molecular weight excluding hydrogens is 469 g/mol. The molecule has 1 atom stereocenters. The molecule has 2 aromatic rings. The molecule has 1 fully saturated rings. The molecule has 1 unspecified atom stereocenters. The highest BCUT2D eigenvalue weighted by Gasteiger charge is 2.21. The number of nitrogens with two attached hydrogens (primary N) is 1. The summed E-state index contributed by atoms with van der Waals surface area (Å²) < 4.78 is 11.1. The summed E-state index contributed by atoms with van der Waals surface area (Å²) in [5.74, 6) is 2.33. The predicted molar refractivity (Wildman–Crippen MR) is 120 cm³/mol. The van der Waals surface area contributed by atoms with Gasteiger partial charge in [-0.15, -0.1) is 24.0 Å². The third-order valence-corrected chi connectivity index (χ3v) is 4.86. The Morgan fingerprint density at radius 3 is 2.89 bits per heavy atom. The van der Waals surface area contributed by atoms with Gasteiger partial charge >= 0.3 is 0 Å². The van der Waals surface area contributed by atoms with Crippen LogP contribution in [0.1, 0.15) is 23.6 Å². The van der Waals surface area contributed by atoms with Gasteiger partial charge in [-0.1, -0.05) is 18.2 Å². The Hall–Kier alpha value is -2.07. The minimum Gasteiger partial charge on any atom is -0.493 e. The van der Waals surface area contributed by atoms with Gasteiger partial charge < -0.3 is 25.4 Å². The number of fused-ring (bicyclic) bond motifs is 1. The Morgan fingerprint density at radius 1 is 1.21 bits per heavy atom. The van der Waals surface area contributed by atoms with Crippen molar-refractivity contribution in [2.24, 2.45) is 10.7 Å². The van der Waals surface area contributed by atoms with Gasteiger partial charge in [-0.3, -0.25) is 0 Å². The number of hydrogen-bond acceptors (Lipinski definition) is 5. The fourth-order valence-corrected chi connectivity index (χ4v) is 3.42. The quantitative estimate of drug-likeness (QED) is 0.385. The van der Waals surface area contributed by atoms with Crippen LogP contribution in [0.5, 0.6) is 5.75 Å². The van der Waals surface area contributed by atoms with Crippen LogP contribution < -0.4 is 20.7 Å². The molecule has 1 saturated heterocycles. The molecule has 150 valence electrons. The maximum atomic E-state index is 6.15. The van der Waals surface area contributed by atoms with Crippen LogP contribution in [0.25, 0.3) is 0 Å². The highest BCUT2D eigenvalue weighted by atomic mass is 127. The molecule has 2 aliphatic heterocycles. The minimum absolute atomic E-state index is 0. The highest BCUT2D eigenvalue weighted by molar-refractivity contribution is 14.0. The van der Waals surface area contributed by atoms with Gasteiger partial charge in [0.2, 0.25) is 0 Å². The zero-order valence-corrected chi connectivity index (χ0v) is 18.0. The number of rotatable bonds is 4. The van der Waals surface area contributed by atoms with Crippen molar-refractivity contribution in [3.8, 4) is 5.75 Å². The van der Waals surface area contributed by atoms with E-state index >= 15 is 0 Å². The lowest BCUT2D eigenvalue weighted by Gasteiger charge is -2.28. The number of aliphatic imine (C=N–C) groups is 1. The van der Waals surface area contributed by atoms with E-state index in [9.17, 15) is 0 Å². The van der Waals surface area contributed by atoms with E-state index in [0.717, 1.165) is 55.4 Å². The first-order valence-electron chi connectivity index (χ1n) is 9.35. The summed E-state index contributed by atoms with van der Waals surface area (Å²) in [6, 6.07) is 12.2. The molecule has 8 heteroatoms. The molecule has 0 spiro atoms. The van der Waals surface area contributed by atoms with E-state index in [-0.39, 0.29) is 30.0 Å². The van der Waals surface area contributed by atoms with Crippen LogP contribution in [0.2, 0.25) is 0 Å². The lowest BCUT2D eigenvalue weighted by molar-refractivity contribution is 0.122. The average molecular weight is 495 g/mol. The van der Waals surface area contributed by atoms with Crippen molar-refractivity contribution >= 4 is 35.8 Å². The van der Waals surface area contributed by atoms with Crippen molar-refractivity contribution in [3.63, 3.8) is 0 Å². The van der Waals surface area contributed by atoms with Crippen LogP contribution in [0.4, 0.5) is 5.82 Å². The number of para-hydroxylation sites is 1. The highest BCUT2D eigenvalue weighted by Crippen LogP contribution is 2.31. The summed E-state index contributed by atoms with van der Waals surface area (Å²) in [4.78, 5) is 11.2. The lowest BCUT2D eigenvalue weighted by Crippen LogP contribution is -2.37. The topological polar surface area (TPSA) is 85.0 Å². The molecule has 1 aromatic heterocycles. The molecule has 2 aliphatic rings. The van der Waals surface area contributed by atoms with Crippen LogP contribution >= 0.6 is 24.0 Å². The summed E-state index contributed by atoms with van der Waals surface area (Å²) in [7, 11) is 0. The molecule has 4 rings (SSSR count). The van der Waals surface area contributed by atoms with Crippen molar-refractivity contribution in [2.75, 3.05) is 37.8 Å². The van der Waals surface area contributed by atoms with Crippen LogP contribution in [0, 0.1) is 0 Å². The molecule has 0 aliphatic carbocycles. The number of anilines is 1. The zero-order valence-electron chi connectivity index (χ0n) is 15.7. The first kappa shape index (κ1) is 20.7. The number of guanidine groups is 1. The lowest BCUT2D eigenvalue weighted by atomic mass is 10.0. The molecule has 28 heavy (non-hydrogen) atoms. The van der Waals surface area contributed by atoms with Gasteiger partial charge in [0.05, 0.1) is 32.4 Å². The Bertz CT molecular complexity index is 811. The van der Waals surface area contributed by atoms with E-state index < -0.39 is 0 Å². The largest absolute Gasteiger partial charge is 0.493 e. The standard InChI is InChI=1S/C20H25N5O2.HI/c21-20(24-17-6-10-27-18-4-2-1-3-16(17)18)23-14-15-5-7-22-19(13-15)25-8-11-26-12-9-25;/h1-5,7,13,17H,6,8-12,14H2,(H3,21,23,24);1H. The van der Waals surface area contributed by atoms with E-state index in [2.05, 4.69) is 32.3 Å². The van der Waals surface area contributed by atoms with Crippen molar-refractivity contribution in [3.05, 3.63) is 53.7 Å². The Labute approximate surface area is 182 Å². The van der Waals surface area contributed by atoms with Gasteiger partial charge in [0.25, 0.3) is 0 Å². The van der Waals surface area contributed by atoms with E-state index in [1.807, 2.05) is 30.5 Å². The number of nitrogens with zero attached hydrogens (tertiary/aromatic N) is 3. The maximum absolute atomic E-state index is 6.15. The van der Waals surface area contributed by atoms with Crippen molar-refractivity contribution in [1.82, 2.24) is 10.3 Å². The molecule has 3 heterocycles. The van der Waals surface area contributed by atoms with E-state index in [0.29, 0.717) is 19.1 Å². The third-order valence-electron chi connectivity index (χ3n) is 4.86. The smallest absolute Gasteiger partial charge is 0.189 e. The Morgan fingerprint density at radius 2 is 2.04 bits per heavy atom. The fourth-order valence-electron chi connectivity index (χ4n) is 3.42. The summed E-state index contributed by atoms with van der Waals surface area (Å²) >= 11 is 0. The van der Waals surface area contributed by atoms with Crippen LogP contribution in [-0.4, -0.2) is 43.9 Å². The fraction of sp³-hybridized carbons (Fsp3) is 0.400. The van der Waals surface area contributed by atoms with Gasteiger partial charge in [0, 0.05) is 31.3 Å². The van der Waals surface area contributed by atoms with Crippen LogP contribution in [-0.2, 0) is 11.3 Å². The average Bonchev–Trinajstić information content (AvgIpc) is 2.73. The number of hydrogen-bond donors (Lipinski definition) is 2. The van der Waals surface area contributed by atoms with Gasteiger partial charge in [-0.2, -0.15) is 0 Å². The van der Waals surface area contributed by atoms with Gasteiger partial charge in [0.1, 0.15) is 11.6 Å². The SMILES string of the molecule is I.NC(=NCc1ccnc(N2CCOCC2)c1)NC1CCOc2ccccc21. The van der Waals surface area contributed by atoms with E-state index in [4.69, 9.17) is 15.2 Å². The minimum atomic E-state index is 0. The second kappa shape index (κ2) is 9.92. The number of morpholine rings is 1. The maximum Gasteiger partial charge on any atom is 0.189 e. The molecule has 7 nitrogen and oxygen atoms in total. The number of nitrogens with one attached hydrogen (secondary N) is 1. The van der Waals surface area contributed by atoms with Crippen LogP contribution in [0.3, 0.4) is 0 Å². The van der Waals surface area contributed by atoms with Crippen molar-refractivity contribution in [1.29, 1.82) is 0 Å². The monoisotopic (exact) mass is 495 g/mol. The summed E-state index contributed by atoms with van der Waals surface area (Å²) in [6.45, 7) is 4.42. The number of aromatic nitrogens is 1. The number of pyridine rings is 1. The molecule has 0 radical (unpaired) electrons. The molecule has 3 N–H and O–H groups in total. The third kappa shape index (κ3) is 5.05. The van der Waals surface area contributed by atoms with Gasteiger partial charge in [-0.05, 0) is 23.8 Å². The molecular formula is C20H26IN5O2. The first-order valence-corrected chi connectivity index (χ1v) is 9.35. The zero-order chi connectivity index (χ0) is 18.5. The summed E-state index contributed by atoms with van der Waals surface area (Å²) in [5.41, 5.74) is 8.36. The predicted octanol–water partition coefficient (Wildman–Crippen LogP) is 2.46. The Balaban J connectivity index is 0.00000225. The molecule has 0 saturated carbocycles. The van der Waals surface area contributed by atoms with E-state index in [1.165, 1.54) is 0 Å². The molecule has 0 bridgehead atoms. The van der Waals surface area contributed by atoms with Gasteiger partial charge in [-0.25, -0.2) is 9.98 Å². The normalized spacial score (nSPS) is 19.2. The van der Waals surface area contributed by atoms with Crippen LogP contribution in [0.15, 0.2) is 47.6 Å². The second-order valence-corrected chi connectivity index (χ2v) is 6.70. The summed E-state index contributed by atoms with van der Waals surface area (Å²) in [5, 5.41) is 3.33. The summed E-state index contributed by atoms with van der Waals surface area (Å²) in [6.07, 6.45) is 2.69. The molecule has 1 aromatic carbocycles. The second-order valence-electron chi connectivity index (χ2n) is 6.70. The number of ether oxygens (including phenoxy) is 2. The number of benzene rings is 1. The van der Waals surface area contributed by atoms with E-state index in [1.54, 1.807) is 0 Å². The number of halogens is 1. The molecule has 0 amide bonds. The van der Waals surface area contributed by atoms with Gasteiger partial charge in [0.15, 0.2) is 5.96 Å². The van der Waals surface area contributed by atoms with Crippen molar-refractivity contribution < 1.29 is 9.47 Å². The first-order chi connectivity index (χ1) is 13.3. The Kier molecular flexibility index (Phi) is 7.32.